The highest BCUT2D eigenvalue weighted by molar-refractivity contribution is 9.10. The minimum atomic E-state index is -0.202. The first-order chi connectivity index (χ1) is 9.45. The van der Waals surface area contributed by atoms with Crippen molar-refractivity contribution in [3.63, 3.8) is 0 Å². The number of rotatable bonds is 6. The number of hydrogen-bond acceptors (Lipinski definition) is 3. The first kappa shape index (κ1) is 16.7. The Hall–Kier alpha value is -1.40. The molecule has 0 unspecified atom stereocenters. The minimum absolute atomic E-state index is 0.0255. The standard InChI is InChI=1S/C14H19BrN2O3/c1-10-8-11(4-5-12(10)15)14(19)17(2)9-13(18)16-6-7-20-3/h4-5,8H,6-7,9H2,1-3H3,(H,16,18). The highest BCUT2D eigenvalue weighted by Gasteiger charge is 2.15. The third-order valence-electron chi connectivity index (χ3n) is 2.76. The van der Waals surface area contributed by atoms with Crippen LogP contribution in [0.25, 0.3) is 0 Å². The van der Waals surface area contributed by atoms with Crippen LogP contribution in [0.4, 0.5) is 0 Å². The minimum Gasteiger partial charge on any atom is -0.383 e. The second kappa shape index (κ2) is 8.01. The van der Waals surface area contributed by atoms with Crippen LogP contribution in [0.5, 0.6) is 0 Å². The molecular weight excluding hydrogens is 324 g/mol. The van der Waals surface area contributed by atoms with Crippen LogP contribution in [-0.2, 0) is 9.53 Å². The second-order valence-corrected chi connectivity index (χ2v) is 5.32. The van der Waals surface area contributed by atoms with Gasteiger partial charge in [-0.15, -0.1) is 0 Å². The molecule has 0 aromatic heterocycles. The number of aryl methyl sites for hydroxylation is 1. The number of benzene rings is 1. The molecule has 6 heteroatoms. The van der Waals surface area contributed by atoms with E-state index in [2.05, 4.69) is 21.2 Å². The molecule has 2 amide bonds. The van der Waals surface area contributed by atoms with Gasteiger partial charge in [-0.05, 0) is 30.7 Å². The van der Waals surface area contributed by atoms with E-state index >= 15 is 0 Å². The molecule has 1 N–H and O–H groups in total. The van der Waals surface area contributed by atoms with Gasteiger partial charge in [-0.1, -0.05) is 15.9 Å². The summed E-state index contributed by atoms with van der Waals surface area (Å²) < 4.78 is 5.79. The molecule has 20 heavy (non-hydrogen) atoms. The van der Waals surface area contributed by atoms with Crippen LogP contribution in [0.1, 0.15) is 15.9 Å². The summed E-state index contributed by atoms with van der Waals surface area (Å²) in [6, 6.07) is 5.36. The van der Waals surface area contributed by atoms with Gasteiger partial charge in [0.1, 0.15) is 0 Å². The van der Waals surface area contributed by atoms with Gasteiger partial charge in [0.15, 0.2) is 0 Å². The third-order valence-corrected chi connectivity index (χ3v) is 3.65. The zero-order chi connectivity index (χ0) is 15.1. The zero-order valence-electron chi connectivity index (χ0n) is 11.9. The van der Waals surface area contributed by atoms with E-state index in [0.29, 0.717) is 18.7 Å². The number of carbonyl (C=O) groups excluding carboxylic acids is 2. The number of carbonyl (C=O) groups is 2. The predicted octanol–water partition coefficient (Wildman–Crippen LogP) is 1.59. The number of nitrogens with one attached hydrogen (secondary N) is 1. The van der Waals surface area contributed by atoms with Gasteiger partial charge >= 0.3 is 0 Å². The Morgan fingerprint density at radius 3 is 2.70 bits per heavy atom. The Bertz CT molecular complexity index is 491. The Morgan fingerprint density at radius 2 is 2.10 bits per heavy atom. The van der Waals surface area contributed by atoms with Crippen molar-refractivity contribution >= 4 is 27.7 Å². The quantitative estimate of drug-likeness (QED) is 0.798. The van der Waals surface area contributed by atoms with Gasteiger partial charge in [0.25, 0.3) is 5.91 Å². The van der Waals surface area contributed by atoms with Crippen LogP contribution in [0.15, 0.2) is 22.7 Å². The monoisotopic (exact) mass is 342 g/mol. The van der Waals surface area contributed by atoms with E-state index in [1.807, 2.05) is 13.0 Å². The lowest BCUT2D eigenvalue weighted by molar-refractivity contribution is -0.121. The van der Waals surface area contributed by atoms with Crippen molar-refractivity contribution in [2.45, 2.75) is 6.92 Å². The zero-order valence-corrected chi connectivity index (χ0v) is 13.5. The van der Waals surface area contributed by atoms with E-state index in [1.54, 1.807) is 26.3 Å². The lowest BCUT2D eigenvalue weighted by Gasteiger charge is -2.17. The molecule has 5 nitrogen and oxygen atoms in total. The van der Waals surface area contributed by atoms with E-state index in [-0.39, 0.29) is 18.4 Å². The maximum absolute atomic E-state index is 12.2. The molecule has 1 rings (SSSR count). The summed E-state index contributed by atoms with van der Waals surface area (Å²) >= 11 is 3.39. The summed E-state index contributed by atoms with van der Waals surface area (Å²) in [5.41, 5.74) is 1.55. The third kappa shape index (κ3) is 4.94. The van der Waals surface area contributed by atoms with E-state index in [4.69, 9.17) is 4.74 Å². The SMILES string of the molecule is COCCNC(=O)CN(C)C(=O)c1ccc(Br)c(C)c1. The molecule has 0 spiro atoms. The van der Waals surface area contributed by atoms with Crippen molar-refractivity contribution in [1.82, 2.24) is 10.2 Å². The predicted molar refractivity (Wildman–Crippen MR) is 80.7 cm³/mol. The van der Waals surface area contributed by atoms with Gasteiger partial charge in [0, 0.05) is 30.7 Å². The van der Waals surface area contributed by atoms with E-state index in [9.17, 15) is 9.59 Å². The molecule has 0 radical (unpaired) electrons. The first-order valence-electron chi connectivity index (χ1n) is 6.23. The topological polar surface area (TPSA) is 58.6 Å². The Labute approximate surface area is 127 Å². The van der Waals surface area contributed by atoms with E-state index in [1.165, 1.54) is 4.90 Å². The summed E-state index contributed by atoms with van der Waals surface area (Å²) in [5.74, 6) is -0.380. The molecule has 0 heterocycles. The van der Waals surface area contributed by atoms with Crippen LogP contribution in [0.3, 0.4) is 0 Å². The molecular formula is C14H19BrN2O3. The van der Waals surface area contributed by atoms with Crippen molar-refractivity contribution < 1.29 is 14.3 Å². The van der Waals surface area contributed by atoms with Gasteiger partial charge in [0.2, 0.25) is 5.91 Å². The lowest BCUT2D eigenvalue weighted by Crippen LogP contribution is -2.39. The van der Waals surface area contributed by atoms with Crippen LogP contribution in [0.2, 0.25) is 0 Å². The number of nitrogens with zero attached hydrogens (tertiary/aromatic N) is 1. The molecule has 1 aromatic carbocycles. The fraction of sp³-hybridized carbons (Fsp3) is 0.429. The highest BCUT2D eigenvalue weighted by atomic mass is 79.9. The Morgan fingerprint density at radius 1 is 1.40 bits per heavy atom. The average Bonchev–Trinajstić information content (AvgIpc) is 2.41. The van der Waals surface area contributed by atoms with Gasteiger partial charge in [0.05, 0.1) is 13.2 Å². The number of amides is 2. The maximum Gasteiger partial charge on any atom is 0.254 e. The smallest absolute Gasteiger partial charge is 0.254 e. The summed E-state index contributed by atoms with van der Waals surface area (Å²) in [5, 5.41) is 2.68. The molecule has 0 saturated carbocycles. The maximum atomic E-state index is 12.2. The van der Waals surface area contributed by atoms with Gasteiger partial charge < -0.3 is 15.0 Å². The fourth-order valence-electron chi connectivity index (χ4n) is 1.63. The normalized spacial score (nSPS) is 10.2. The highest BCUT2D eigenvalue weighted by Crippen LogP contribution is 2.17. The van der Waals surface area contributed by atoms with Gasteiger partial charge in [-0.2, -0.15) is 0 Å². The molecule has 0 aliphatic carbocycles. The average molecular weight is 343 g/mol. The van der Waals surface area contributed by atoms with Crippen LogP contribution in [-0.4, -0.2) is 50.6 Å². The summed E-state index contributed by atoms with van der Waals surface area (Å²) in [4.78, 5) is 25.2. The molecule has 1 aromatic rings. The van der Waals surface area contributed by atoms with E-state index < -0.39 is 0 Å². The Kier molecular flexibility index (Phi) is 6.67. The van der Waals surface area contributed by atoms with Crippen molar-refractivity contribution in [3.05, 3.63) is 33.8 Å². The van der Waals surface area contributed by atoms with Crippen molar-refractivity contribution in [1.29, 1.82) is 0 Å². The summed E-state index contributed by atoms with van der Waals surface area (Å²) in [7, 11) is 3.17. The second-order valence-electron chi connectivity index (χ2n) is 4.47. The summed E-state index contributed by atoms with van der Waals surface area (Å²) in [6.07, 6.45) is 0. The molecule has 0 aliphatic rings. The molecule has 0 bridgehead atoms. The number of hydrogen-bond donors (Lipinski definition) is 1. The lowest BCUT2D eigenvalue weighted by atomic mass is 10.1. The van der Waals surface area contributed by atoms with Crippen LogP contribution in [0, 0.1) is 6.92 Å². The van der Waals surface area contributed by atoms with Crippen molar-refractivity contribution in [2.75, 3.05) is 33.9 Å². The molecule has 0 atom stereocenters. The molecule has 110 valence electrons. The van der Waals surface area contributed by atoms with Gasteiger partial charge in [-0.3, -0.25) is 9.59 Å². The molecule has 0 fully saturated rings. The van der Waals surface area contributed by atoms with Crippen molar-refractivity contribution in [3.8, 4) is 0 Å². The largest absolute Gasteiger partial charge is 0.383 e. The van der Waals surface area contributed by atoms with Crippen molar-refractivity contribution in [2.24, 2.45) is 0 Å². The van der Waals surface area contributed by atoms with E-state index in [0.717, 1.165) is 10.0 Å². The molecule has 0 aliphatic heterocycles. The van der Waals surface area contributed by atoms with Crippen LogP contribution >= 0.6 is 15.9 Å². The number of likely N-dealkylation sites (N-methyl/N-ethyl adjacent to an activating group) is 1. The first-order valence-corrected chi connectivity index (χ1v) is 7.02. The number of ether oxygens (including phenoxy) is 1. The molecule has 0 saturated heterocycles. The van der Waals surface area contributed by atoms with Crippen LogP contribution < -0.4 is 5.32 Å². The Balaban J connectivity index is 2.58. The fourth-order valence-corrected chi connectivity index (χ4v) is 1.88. The summed E-state index contributed by atoms with van der Waals surface area (Å²) in [6.45, 7) is 2.83. The number of halogens is 1. The van der Waals surface area contributed by atoms with Gasteiger partial charge in [-0.25, -0.2) is 0 Å². The number of methoxy groups -OCH3 is 1.